The number of halogens is 1. The Morgan fingerprint density at radius 3 is 2.40 bits per heavy atom. The third kappa shape index (κ3) is 4.64. The highest BCUT2D eigenvalue weighted by atomic mass is 35.5. The van der Waals surface area contributed by atoms with Crippen LogP contribution in [0, 0.1) is 0 Å². The van der Waals surface area contributed by atoms with Crippen LogP contribution in [0.1, 0.15) is 38.8 Å². The summed E-state index contributed by atoms with van der Waals surface area (Å²) in [6.45, 7) is 8.57. The maximum atomic E-state index is 11.1. The second-order valence-corrected chi connectivity index (χ2v) is 7.69. The molecular weight excluding hydrogens is 340 g/mol. The lowest BCUT2D eigenvalue weighted by Crippen LogP contribution is -2.41. The van der Waals surface area contributed by atoms with Crippen LogP contribution in [0.2, 0.25) is 5.02 Å². The van der Waals surface area contributed by atoms with Crippen molar-refractivity contribution in [3.8, 4) is 0 Å². The van der Waals surface area contributed by atoms with Gasteiger partial charge in [0.15, 0.2) is 0 Å². The molecule has 1 heterocycles. The zero-order chi connectivity index (χ0) is 18.8. The van der Waals surface area contributed by atoms with Gasteiger partial charge in [-0.25, -0.2) is 0 Å². The SMILES string of the molecule is CNCC(=Cc1ccc(Cl)cc1CC(=O)O)B1OC(C)(C)C(C)(C)O1. The predicted molar refractivity (Wildman–Crippen MR) is 101 cm³/mol. The van der Waals surface area contributed by atoms with Crippen molar-refractivity contribution < 1.29 is 19.2 Å². The second kappa shape index (κ2) is 7.50. The van der Waals surface area contributed by atoms with E-state index in [-0.39, 0.29) is 6.42 Å². The van der Waals surface area contributed by atoms with Crippen molar-refractivity contribution in [3.63, 3.8) is 0 Å². The molecule has 0 aliphatic carbocycles. The molecule has 0 saturated carbocycles. The zero-order valence-electron chi connectivity index (χ0n) is 15.4. The summed E-state index contributed by atoms with van der Waals surface area (Å²) in [5, 5.41) is 12.8. The molecule has 1 aromatic carbocycles. The van der Waals surface area contributed by atoms with Gasteiger partial charge in [0.25, 0.3) is 0 Å². The van der Waals surface area contributed by atoms with Crippen LogP contribution in [0.4, 0.5) is 0 Å². The monoisotopic (exact) mass is 365 g/mol. The van der Waals surface area contributed by atoms with Crippen molar-refractivity contribution in [2.24, 2.45) is 0 Å². The molecule has 0 atom stereocenters. The molecule has 0 bridgehead atoms. The smallest absolute Gasteiger partial charge is 0.481 e. The number of aliphatic carboxylic acids is 1. The number of carboxylic acids is 1. The maximum absolute atomic E-state index is 11.1. The fourth-order valence-corrected chi connectivity index (χ4v) is 2.83. The summed E-state index contributed by atoms with van der Waals surface area (Å²) in [5.41, 5.74) is 1.48. The molecule has 1 aromatic rings. The molecule has 0 spiro atoms. The first kappa shape index (κ1) is 20.0. The average Bonchev–Trinajstić information content (AvgIpc) is 2.69. The quantitative estimate of drug-likeness (QED) is 0.758. The Bertz CT molecular complexity index is 672. The molecule has 2 rings (SSSR count). The number of benzene rings is 1. The second-order valence-electron chi connectivity index (χ2n) is 7.25. The van der Waals surface area contributed by atoms with Gasteiger partial charge < -0.3 is 19.7 Å². The van der Waals surface area contributed by atoms with Crippen LogP contribution >= 0.6 is 11.6 Å². The number of hydrogen-bond acceptors (Lipinski definition) is 4. The van der Waals surface area contributed by atoms with E-state index in [9.17, 15) is 4.79 Å². The molecule has 5 nitrogen and oxygen atoms in total. The lowest BCUT2D eigenvalue weighted by molar-refractivity contribution is -0.136. The molecule has 25 heavy (non-hydrogen) atoms. The first-order valence-electron chi connectivity index (χ1n) is 8.26. The minimum absolute atomic E-state index is 0.0946. The van der Waals surface area contributed by atoms with Gasteiger partial charge in [-0.05, 0) is 63.5 Å². The highest BCUT2D eigenvalue weighted by Gasteiger charge is 2.52. The Kier molecular flexibility index (Phi) is 5.99. The van der Waals surface area contributed by atoms with Crippen LogP contribution in [0.3, 0.4) is 0 Å². The molecule has 2 N–H and O–H groups in total. The standard InChI is InChI=1S/C18H25BClNO4/c1-17(2)18(3,4)25-19(24-17)14(11-21-5)8-12-6-7-15(20)9-13(12)10-16(22)23/h6-9,21H,10-11H2,1-5H3,(H,22,23). The van der Waals surface area contributed by atoms with E-state index in [2.05, 4.69) is 5.32 Å². The van der Waals surface area contributed by atoms with E-state index in [1.54, 1.807) is 12.1 Å². The Morgan fingerprint density at radius 2 is 1.88 bits per heavy atom. The molecule has 136 valence electrons. The van der Waals surface area contributed by atoms with Gasteiger partial charge in [-0.2, -0.15) is 0 Å². The van der Waals surface area contributed by atoms with E-state index in [1.807, 2.05) is 46.9 Å². The summed E-state index contributed by atoms with van der Waals surface area (Å²) in [4.78, 5) is 11.1. The van der Waals surface area contributed by atoms with Crippen molar-refractivity contribution in [2.75, 3.05) is 13.6 Å². The lowest BCUT2D eigenvalue weighted by atomic mass is 9.76. The Balaban J connectivity index is 2.40. The lowest BCUT2D eigenvalue weighted by Gasteiger charge is -2.32. The van der Waals surface area contributed by atoms with Crippen molar-refractivity contribution in [1.29, 1.82) is 0 Å². The minimum Gasteiger partial charge on any atom is -0.481 e. The molecule has 1 fully saturated rings. The topological polar surface area (TPSA) is 67.8 Å². The van der Waals surface area contributed by atoms with E-state index in [4.69, 9.17) is 26.0 Å². The Labute approximate surface area is 154 Å². The van der Waals surface area contributed by atoms with E-state index < -0.39 is 24.3 Å². The summed E-state index contributed by atoms with van der Waals surface area (Å²) in [7, 11) is 1.35. The van der Waals surface area contributed by atoms with Crippen molar-refractivity contribution in [1.82, 2.24) is 5.32 Å². The summed E-state index contributed by atoms with van der Waals surface area (Å²) in [6.07, 6.45) is 1.83. The van der Waals surface area contributed by atoms with E-state index in [0.717, 1.165) is 11.0 Å². The number of carboxylic acid groups (broad SMARTS) is 1. The van der Waals surface area contributed by atoms with Gasteiger partial charge in [-0.15, -0.1) is 0 Å². The largest absolute Gasteiger partial charge is 0.491 e. The fourth-order valence-electron chi connectivity index (χ4n) is 2.63. The summed E-state index contributed by atoms with van der Waals surface area (Å²) in [6, 6.07) is 5.25. The van der Waals surface area contributed by atoms with Gasteiger partial charge in [0.2, 0.25) is 0 Å². The molecule has 1 aliphatic heterocycles. The van der Waals surface area contributed by atoms with Crippen LogP contribution in [0.5, 0.6) is 0 Å². The van der Waals surface area contributed by atoms with Crippen LogP contribution < -0.4 is 5.32 Å². The number of rotatable bonds is 6. The van der Waals surface area contributed by atoms with Crippen molar-refractivity contribution in [3.05, 3.63) is 39.8 Å². The number of nitrogens with one attached hydrogen (secondary N) is 1. The number of likely N-dealkylation sites (N-methyl/N-ethyl adjacent to an activating group) is 1. The molecule has 1 aliphatic rings. The molecule has 1 saturated heterocycles. The van der Waals surface area contributed by atoms with Crippen LogP contribution in [-0.4, -0.2) is 43.0 Å². The number of carbonyl (C=O) groups is 1. The zero-order valence-corrected chi connectivity index (χ0v) is 16.1. The van der Waals surface area contributed by atoms with Crippen LogP contribution in [0.25, 0.3) is 6.08 Å². The molecular formula is C18H25BClNO4. The highest BCUT2D eigenvalue weighted by molar-refractivity contribution is 6.56. The molecule has 7 heteroatoms. The highest BCUT2D eigenvalue weighted by Crippen LogP contribution is 2.38. The van der Waals surface area contributed by atoms with Crippen molar-refractivity contribution in [2.45, 2.75) is 45.3 Å². The molecule has 0 amide bonds. The summed E-state index contributed by atoms with van der Waals surface area (Å²) in [5.74, 6) is -0.900. The third-order valence-corrected chi connectivity index (χ3v) is 4.96. The van der Waals surface area contributed by atoms with Crippen LogP contribution in [-0.2, 0) is 20.5 Å². The van der Waals surface area contributed by atoms with E-state index in [1.165, 1.54) is 0 Å². The van der Waals surface area contributed by atoms with Crippen LogP contribution in [0.15, 0.2) is 23.7 Å². The summed E-state index contributed by atoms with van der Waals surface area (Å²) >= 11 is 6.02. The van der Waals surface area contributed by atoms with Gasteiger partial charge in [-0.3, -0.25) is 4.79 Å². The first-order chi connectivity index (χ1) is 11.6. The first-order valence-corrected chi connectivity index (χ1v) is 8.64. The molecule has 0 unspecified atom stereocenters. The number of hydrogen-bond donors (Lipinski definition) is 2. The van der Waals surface area contributed by atoms with Gasteiger partial charge in [0, 0.05) is 11.6 Å². The average molecular weight is 366 g/mol. The molecule has 0 radical (unpaired) electrons. The van der Waals surface area contributed by atoms with E-state index >= 15 is 0 Å². The Morgan fingerprint density at radius 1 is 1.28 bits per heavy atom. The third-order valence-electron chi connectivity index (χ3n) is 4.72. The van der Waals surface area contributed by atoms with Gasteiger partial charge in [0.05, 0.1) is 17.6 Å². The van der Waals surface area contributed by atoms with Gasteiger partial charge in [-0.1, -0.05) is 23.7 Å². The maximum Gasteiger partial charge on any atom is 0.491 e. The predicted octanol–water partition coefficient (Wildman–Crippen LogP) is 3.20. The minimum atomic E-state index is -0.900. The van der Waals surface area contributed by atoms with Gasteiger partial charge >= 0.3 is 13.1 Å². The molecule has 0 aromatic heterocycles. The van der Waals surface area contributed by atoms with Crippen molar-refractivity contribution >= 4 is 30.8 Å². The fraction of sp³-hybridized carbons (Fsp3) is 0.500. The summed E-state index contributed by atoms with van der Waals surface area (Å²) < 4.78 is 12.2. The van der Waals surface area contributed by atoms with E-state index in [0.29, 0.717) is 17.1 Å². The van der Waals surface area contributed by atoms with Gasteiger partial charge in [0.1, 0.15) is 0 Å². The normalized spacial score (nSPS) is 19.3. The Hall–Kier alpha value is -1.34.